The summed E-state index contributed by atoms with van der Waals surface area (Å²) in [7, 11) is 0. The van der Waals surface area contributed by atoms with Crippen molar-refractivity contribution < 1.29 is 23.8 Å². The predicted molar refractivity (Wildman–Crippen MR) is 167 cm³/mol. The zero-order valence-electron chi connectivity index (χ0n) is 25.4. The van der Waals surface area contributed by atoms with Crippen LogP contribution < -0.4 is 0 Å². The highest BCUT2D eigenvalue weighted by molar-refractivity contribution is 5.82. The number of piperidine rings is 1. The number of rotatable bonds is 11. The van der Waals surface area contributed by atoms with Gasteiger partial charge in [0, 0.05) is 25.3 Å². The maximum atomic E-state index is 12.4. The zero-order chi connectivity index (χ0) is 30.1. The van der Waals surface area contributed by atoms with Crippen LogP contribution in [-0.2, 0) is 38.7 Å². The molecule has 1 aliphatic heterocycles. The van der Waals surface area contributed by atoms with E-state index in [1.165, 1.54) is 21.9 Å². The molecule has 0 amide bonds. The number of nitrogens with zero attached hydrogens (tertiary/aromatic N) is 2. The third-order valence-electron chi connectivity index (χ3n) is 7.53. The second kappa shape index (κ2) is 14.6. The fourth-order valence-electron chi connectivity index (χ4n) is 5.40. The van der Waals surface area contributed by atoms with E-state index in [0.29, 0.717) is 32.9 Å². The average Bonchev–Trinajstić information content (AvgIpc) is 3.00. The Balaban J connectivity index is 1.20. The lowest BCUT2D eigenvalue weighted by Crippen LogP contribution is -2.45. The van der Waals surface area contributed by atoms with Crippen LogP contribution in [-0.4, -0.2) is 47.6 Å². The zero-order valence-corrected chi connectivity index (χ0v) is 25.4. The lowest BCUT2D eigenvalue weighted by Gasteiger charge is -2.37. The molecule has 1 aliphatic rings. The Labute approximate surface area is 254 Å². The fourth-order valence-corrected chi connectivity index (χ4v) is 5.40. The molecule has 5 rings (SSSR count). The van der Waals surface area contributed by atoms with Crippen molar-refractivity contribution in [3.05, 3.63) is 114 Å². The van der Waals surface area contributed by atoms with Crippen LogP contribution in [0.15, 0.2) is 91.1 Å². The molecule has 3 aromatic carbocycles. The SMILES string of the molecule is CC(C)(C)OC(=O)ON1CCC(c2ccc(CCCOCc3ccccn3)cc2)C(OCc2ccc3ccccc3c2)C1. The first-order chi connectivity index (χ1) is 20.8. The molecule has 1 saturated heterocycles. The number of hydrogen-bond acceptors (Lipinski definition) is 7. The minimum absolute atomic E-state index is 0.159. The van der Waals surface area contributed by atoms with Gasteiger partial charge in [-0.05, 0) is 85.7 Å². The average molecular weight is 583 g/mol. The van der Waals surface area contributed by atoms with Crippen molar-refractivity contribution in [2.45, 2.75) is 70.9 Å². The predicted octanol–water partition coefficient (Wildman–Crippen LogP) is 7.63. The molecule has 7 heteroatoms. The van der Waals surface area contributed by atoms with Gasteiger partial charge in [0.15, 0.2) is 0 Å². The second-order valence-electron chi connectivity index (χ2n) is 12.1. The summed E-state index contributed by atoms with van der Waals surface area (Å²) in [6.45, 7) is 8.26. The Morgan fingerprint density at radius 1 is 0.907 bits per heavy atom. The summed E-state index contributed by atoms with van der Waals surface area (Å²) in [5.74, 6) is 0.176. The lowest BCUT2D eigenvalue weighted by atomic mass is 9.87. The summed E-state index contributed by atoms with van der Waals surface area (Å²) in [6.07, 6.45) is 3.64. The van der Waals surface area contributed by atoms with Gasteiger partial charge < -0.3 is 19.0 Å². The molecular weight excluding hydrogens is 540 g/mol. The van der Waals surface area contributed by atoms with E-state index in [4.69, 9.17) is 19.0 Å². The number of hydroxylamine groups is 2. The van der Waals surface area contributed by atoms with Crippen LogP contribution in [0.1, 0.15) is 61.9 Å². The second-order valence-corrected chi connectivity index (χ2v) is 12.1. The number of aromatic nitrogens is 1. The van der Waals surface area contributed by atoms with Gasteiger partial charge >= 0.3 is 6.16 Å². The highest BCUT2D eigenvalue weighted by atomic mass is 16.8. The van der Waals surface area contributed by atoms with Crippen LogP contribution in [0.3, 0.4) is 0 Å². The first-order valence-corrected chi connectivity index (χ1v) is 15.1. The van der Waals surface area contributed by atoms with Crippen LogP contribution in [0.4, 0.5) is 4.79 Å². The lowest BCUT2D eigenvalue weighted by molar-refractivity contribution is -0.179. The van der Waals surface area contributed by atoms with Crippen molar-refractivity contribution in [2.75, 3.05) is 19.7 Å². The molecule has 0 bridgehead atoms. The van der Waals surface area contributed by atoms with E-state index in [0.717, 1.165) is 30.5 Å². The maximum Gasteiger partial charge on any atom is 0.528 e. The van der Waals surface area contributed by atoms with Gasteiger partial charge in [-0.15, -0.1) is 5.06 Å². The van der Waals surface area contributed by atoms with Gasteiger partial charge in [0.25, 0.3) is 0 Å². The van der Waals surface area contributed by atoms with E-state index in [1.54, 1.807) is 11.3 Å². The molecule has 4 aromatic rings. The standard InChI is InChI=1S/C36H42N2O5/c1-36(2,3)42-35(39)43-38-21-19-33(34(24-38)41-25-28-15-16-29-10-4-5-11-31(29)23-28)30-17-13-27(14-18-30)9-8-22-40-26-32-12-6-7-20-37-32/h4-7,10-18,20,23,33-34H,8-9,19,21-22,24-26H2,1-3H3. The third-order valence-corrected chi connectivity index (χ3v) is 7.53. The van der Waals surface area contributed by atoms with E-state index in [9.17, 15) is 4.79 Å². The van der Waals surface area contributed by atoms with Crippen LogP contribution >= 0.6 is 0 Å². The molecule has 0 aliphatic carbocycles. The van der Waals surface area contributed by atoms with Crippen molar-refractivity contribution in [1.82, 2.24) is 10.0 Å². The summed E-state index contributed by atoms with van der Waals surface area (Å²) >= 11 is 0. The van der Waals surface area contributed by atoms with Crippen LogP contribution in [0.2, 0.25) is 0 Å². The Bertz CT molecular complexity index is 1450. The molecule has 226 valence electrons. The van der Waals surface area contributed by atoms with Crippen molar-refractivity contribution >= 4 is 16.9 Å². The molecule has 7 nitrogen and oxygen atoms in total. The third kappa shape index (κ3) is 9.35. The first kappa shape index (κ1) is 30.7. The van der Waals surface area contributed by atoms with E-state index in [1.807, 2.05) is 45.0 Å². The van der Waals surface area contributed by atoms with Crippen molar-refractivity contribution in [3.63, 3.8) is 0 Å². The van der Waals surface area contributed by atoms with Crippen molar-refractivity contribution in [3.8, 4) is 0 Å². The summed E-state index contributed by atoms with van der Waals surface area (Å²) in [5.41, 5.74) is 3.96. The van der Waals surface area contributed by atoms with Gasteiger partial charge in [-0.25, -0.2) is 4.79 Å². The van der Waals surface area contributed by atoms with E-state index >= 15 is 0 Å². The summed E-state index contributed by atoms with van der Waals surface area (Å²) in [6, 6.07) is 29.5. The molecule has 1 fully saturated rings. The molecule has 43 heavy (non-hydrogen) atoms. The van der Waals surface area contributed by atoms with Gasteiger partial charge in [-0.2, -0.15) is 0 Å². The van der Waals surface area contributed by atoms with Crippen LogP contribution in [0.25, 0.3) is 10.8 Å². The van der Waals surface area contributed by atoms with Crippen molar-refractivity contribution in [2.24, 2.45) is 0 Å². The summed E-state index contributed by atoms with van der Waals surface area (Å²) in [5, 5.41) is 4.07. The molecule has 0 saturated carbocycles. The highest BCUT2D eigenvalue weighted by Crippen LogP contribution is 2.32. The Morgan fingerprint density at radius 3 is 2.44 bits per heavy atom. The van der Waals surface area contributed by atoms with Gasteiger partial charge in [0.05, 0.1) is 31.6 Å². The molecule has 2 unspecified atom stereocenters. The Morgan fingerprint density at radius 2 is 1.67 bits per heavy atom. The van der Waals surface area contributed by atoms with Gasteiger partial charge in [-0.1, -0.05) is 66.7 Å². The molecule has 2 atom stereocenters. The summed E-state index contributed by atoms with van der Waals surface area (Å²) in [4.78, 5) is 22.3. The largest absolute Gasteiger partial charge is 0.528 e. The van der Waals surface area contributed by atoms with E-state index < -0.39 is 11.8 Å². The Hall–Kier alpha value is -3.78. The molecular formula is C36H42N2O5. The number of fused-ring (bicyclic) bond motifs is 1. The molecule has 2 heterocycles. The smallest absolute Gasteiger partial charge is 0.427 e. The Kier molecular flexibility index (Phi) is 10.4. The number of carbonyl (C=O) groups excluding carboxylic acids is 1. The van der Waals surface area contributed by atoms with E-state index in [2.05, 4.69) is 65.6 Å². The number of ether oxygens (including phenoxy) is 3. The summed E-state index contributed by atoms with van der Waals surface area (Å²) < 4.78 is 17.7. The number of benzene rings is 3. The fraction of sp³-hybridized carbons (Fsp3) is 0.389. The van der Waals surface area contributed by atoms with E-state index in [-0.39, 0.29) is 12.0 Å². The van der Waals surface area contributed by atoms with Crippen molar-refractivity contribution in [1.29, 1.82) is 0 Å². The monoisotopic (exact) mass is 582 g/mol. The minimum Gasteiger partial charge on any atom is -0.427 e. The number of aryl methyl sites for hydroxylation is 1. The van der Waals surface area contributed by atoms with Gasteiger partial charge in [0.2, 0.25) is 0 Å². The number of hydrogen-bond donors (Lipinski definition) is 0. The van der Waals surface area contributed by atoms with Crippen LogP contribution in [0.5, 0.6) is 0 Å². The van der Waals surface area contributed by atoms with Crippen LogP contribution in [0, 0.1) is 0 Å². The molecule has 0 N–H and O–H groups in total. The first-order valence-electron chi connectivity index (χ1n) is 15.1. The normalized spacial score (nSPS) is 17.6. The minimum atomic E-state index is -0.687. The number of pyridine rings is 1. The quantitative estimate of drug-likeness (QED) is 0.133. The molecule has 1 aromatic heterocycles. The molecule has 0 radical (unpaired) electrons. The highest BCUT2D eigenvalue weighted by Gasteiger charge is 2.34. The number of carbonyl (C=O) groups is 1. The maximum absolute atomic E-state index is 12.4. The van der Waals surface area contributed by atoms with Gasteiger partial charge in [-0.3, -0.25) is 4.98 Å². The topological polar surface area (TPSA) is 70.1 Å². The molecule has 0 spiro atoms. The van der Waals surface area contributed by atoms with Gasteiger partial charge in [0.1, 0.15) is 5.60 Å².